The summed E-state index contributed by atoms with van der Waals surface area (Å²) in [5, 5.41) is 21.6. The van der Waals surface area contributed by atoms with Crippen LogP contribution >= 0.6 is 11.3 Å². The largest absolute Gasteiger partial charge is 0.479 e. The Labute approximate surface area is 142 Å². The number of nitrogens with one attached hydrogen (secondary N) is 1. The van der Waals surface area contributed by atoms with Crippen LogP contribution < -0.4 is 10.1 Å². The molecule has 0 spiro atoms. The minimum Gasteiger partial charge on any atom is -0.479 e. The number of nitrogens with zero attached hydrogens (tertiary/aromatic N) is 2. The van der Waals surface area contributed by atoms with Crippen LogP contribution in [0.4, 0.5) is 0 Å². The topological polar surface area (TPSA) is 89.5 Å². The summed E-state index contributed by atoms with van der Waals surface area (Å²) in [4.78, 5) is 12.4. The Kier molecular flexibility index (Phi) is 4.41. The van der Waals surface area contributed by atoms with Gasteiger partial charge in [-0.1, -0.05) is 0 Å². The predicted molar refractivity (Wildman–Crippen MR) is 88.1 cm³/mol. The number of aromatic nitrogens is 2. The molecule has 1 amide bonds. The van der Waals surface area contributed by atoms with Crippen molar-refractivity contribution < 1.29 is 19.1 Å². The fourth-order valence-corrected chi connectivity index (χ4v) is 3.15. The number of hydrogen-bond donors (Lipinski definition) is 2. The van der Waals surface area contributed by atoms with Crippen LogP contribution in [0, 0.1) is 0 Å². The monoisotopic (exact) mass is 347 g/mol. The van der Waals surface area contributed by atoms with Crippen molar-refractivity contribution in [2.24, 2.45) is 7.05 Å². The smallest absolute Gasteiger partial charge is 0.258 e. The molecule has 0 aliphatic rings. The summed E-state index contributed by atoms with van der Waals surface area (Å²) < 4.78 is 12.0. The average molecular weight is 347 g/mol. The summed E-state index contributed by atoms with van der Waals surface area (Å²) in [5.74, 6) is 0.201. The molecule has 3 aromatic rings. The SMILES string of the molecule is COc1nn(C)cc1C(=O)NCC(O)(c1ccsc1)c1ccco1. The molecule has 8 heteroatoms. The van der Waals surface area contributed by atoms with Gasteiger partial charge in [0.15, 0.2) is 5.60 Å². The number of carbonyl (C=O) groups is 1. The summed E-state index contributed by atoms with van der Waals surface area (Å²) in [7, 11) is 3.15. The van der Waals surface area contributed by atoms with E-state index in [4.69, 9.17) is 9.15 Å². The summed E-state index contributed by atoms with van der Waals surface area (Å²) >= 11 is 1.46. The third-order valence-corrected chi connectivity index (χ3v) is 4.35. The van der Waals surface area contributed by atoms with E-state index in [0.29, 0.717) is 16.9 Å². The molecular weight excluding hydrogens is 330 g/mol. The number of ether oxygens (including phenoxy) is 1. The number of methoxy groups -OCH3 is 1. The highest BCUT2D eigenvalue weighted by Gasteiger charge is 2.36. The molecule has 7 nitrogen and oxygen atoms in total. The van der Waals surface area contributed by atoms with Crippen LogP contribution in [-0.2, 0) is 12.6 Å². The predicted octanol–water partition coefficient (Wildman–Crippen LogP) is 1.75. The zero-order valence-electron chi connectivity index (χ0n) is 13.2. The zero-order valence-corrected chi connectivity index (χ0v) is 14.0. The number of hydrogen-bond acceptors (Lipinski definition) is 6. The average Bonchev–Trinajstić information content (AvgIpc) is 3.32. The van der Waals surface area contributed by atoms with Crippen LogP contribution in [0.25, 0.3) is 0 Å². The quantitative estimate of drug-likeness (QED) is 0.709. The third kappa shape index (κ3) is 2.93. The van der Waals surface area contributed by atoms with Gasteiger partial charge in [0, 0.05) is 18.8 Å². The first-order valence-corrected chi connectivity index (χ1v) is 8.13. The lowest BCUT2D eigenvalue weighted by Crippen LogP contribution is -2.41. The lowest BCUT2D eigenvalue weighted by Gasteiger charge is -2.25. The van der Waals surface area contributed by atoms with E-state index in [9.17, 15) is 9.90 Å². The Morgan fingerprint density at radius 2 is 2.38 bits per heavy atom. The third-order valence-electron chi connectivity index (χ3n) is 3.67. The molecule has 0 aliphatic heterocycles. The second-order valence-electron chi connectivity index (χ2n) is 5.26. The van der Waals surface area contributed by atoms with E-state index >= 15 is 0 Å². The van der Waals surface area contributed by atoms with E-state index in [-0.39, 0.29) is 18.3 Å². The van der Waals surface area contributed by atoms with Crippen molar-refractivity contribution in [3.8, 4) is 5.88 Å². The highest BCUT2D eigenvalue weighted by molar-refractivity contribution is 7.08. The molecule has 0 saturated heterocycles. The Bertz CT molecular complexity index is 774. The van der Waals surface area contributed by atoms with Gasteiger partial charge >= 0.3 is 0 Å². The Hall–Kier alpha value is -2.58. The number of aliphatic hydroxyl groups is 1. The molecule has 0 aromatic carbocycles. The standard InChI is InChI=1S/C16H17N3O4S/c1-19-8-12(15(18-19)22-2)14(20)17-10-16(21,11-5-7-24-9-11)13-4-3-6-23-13/h3-9,21H,10H2,1-2H3,(H,17,20). The molecule has 2 N–H and O–H groups in total. The Balaban J connectivity index is 1.83. The van der Waals surface area contributed by atoms with Gasteiger partial charge in [-0.05, 0) is 29.0 Å². The number of carbonyl (C=O) groups excluding carboxylic acids is 1. The summed E-state index contributed by atoms with van der Waals surface area (Å²) in [6.07, 6.45) is 3.04. The van der Waals surface area contributed by atoms with Gasteiger partial charge in [-0.25, -0.2) is 0 Å². The highest BCUT2D eigenvalue weighted by atomic mass is 32.1. The normalized spacial score (nSPS) is 13.5. The minimum atomic E-state index is -1.45. The molecule has 1 atom stereocenters. The van der Waals surface area contributed by atoms with E-state index in [1.165, 1.54) is 29.4 Å². The first-order chi connectivity index (χ1) is 11.5. The lowest BCUT2D eigenvalue weighted by molar-refractivity contribution is 0.0528. The van der Waals surface area contributed by atoms with E-state index in [0.717, 1.165) is 0 Å². The number of thiophene rings is 1. The first-order valence-electron chi connectivity index (χ1n) is 7.19. The van der Waals surface area contributed by atoms with Gasteiger partial charge in [-0.15, -0.1) is 5.10 Å². The Morgan fingerprint density at radius 3 is 3.00 bits per heavy atom. The Morgan fingerprint density at radius 1 is 1.54 bits per heavy atom. The maximum Gasteiger partial charge on any atom is 0.258 e. The summed E-state index contributed by atoms with van der Waals surface area (Å²) in [6, 6.07) is 5.16. The van der Waals surface area contributed by atoms with Crippen molar-refractivity contribution in [2.45, 2.75) is 5.60 Å². The van der Waals surface area contributed by atoms with Crippen molar-refractivity contribution >= 4 is 17.2 Å². The second kappa shape index (κ2) is 6.50. The molecule has 0 radical (unpaired) electrons. The van der Waals surface area contributed by atoms with Gasteiger partial charge in [-0.2, -0.15) is 11.3 Å². The fraction of sp³-hybridized carbons (Fsp3) is 0.250. The lowest BCUT2D eigenvalue weighted by atomic mass is 9.93. The minimum absolute atomic E-state index is 0.0475. The number of aryl methyl sites for hydroxylation is 1. The van der Waals surface area contributed by atoms with Crippen LogP contribution in [0.15, 0.2) is 45.8 Å². The molecule has 24 heavy (non-hydrogen) atoms. The maximum absolute atomic E-state index is 12.4. The van der Waals surface area contributed by atoms with E-state index in [1.54, 1.807) is 31.4 Å². The molecule has 1 unspecified atom stereocenters. The van der Waals surface area contributed by atoms with E-state index in [2.05, 4.69) is 10.4 Å². The van der Waals surface area contributed by atoms with Crippen LogP contribution in [0.2, 0.25) is 0 Å². The molecule has 3 aromatic heterocycles. The number of rotatable bonds is 6. The maximum atomic E-state index is 12.4. The summed E-state index contributed by atoms with van der Waals surface area (Å²) in [5.41, 5.74) is -0.498. The molecule has 0 bridgehead atoms. The van der Waals surface area contributed by atoms with Crippen LogP contribution in [-0.4, -0.2) is 34.4 Å². The van der Waals surface area contributed by atoms with Crippen LogP contribution in [0.1, 0.15) is 21.7 Å². The van der Waals surface area contributed by atoms with Gasteiger partial charge in [-0.3, -0.25) is 9.48 Å². The van der Waals surface area contributed by atoms with Gasteiger partial charge in [0.05, 0.1) is 19.9 Å². The highest BCUT2D eigenvalue weighted by Crippen LogP contribution is 2.31. The number of amides is 1. The zero-order chi connectivity index (χ0) is 17.2. The molecule has 3 heterocycles. The molecule has 0 saturated carbocycles. The van der Waals surface area contributed by atoms with Crippen molar-refractivity contribution in [1.29, 1.82) is 0 Å². The molecule has 0 aliphatic carbocycles. The fourth-order valence-electron chi connectivity index (χ4n) is 2.42. The second-order valence-corrected chi connectivity index (χ2v) is 6.04. The van der Waals surface area contributed by atoms with Gasteiger partial charge in [0.1, 0.15) is 11.3 Å². The van der Waals surface area contributed by atoms with Gasteiger partial charge < -0.3 is 19.6 Å². The van der Waals surface area contributed by atoms with Gasteiger partial charge in [0.2, 0.25) is 5.88 Å². The first kappa shape index (κ1) is 16.3. The van der Waals surface area contributed by atoms with E-state index < -0.39 is 5.60 Å². The molecule has 3 rings (SSSR count). The van der Waals surface area contributed by atoms with E-state index in [1.807, 2.05) is 10.8 Å². The van der Waals surface area contributed by atoms with Crippen molar-refractivity contribution in [3.05, 3.63) is 58.3 Å². The van der Waals surface area contributed by atoms with Crippen molar-refractivity contribution in [2.75, 3.05) is 13.7 Å². The van der Waals surface area contributed by atoms with Crippen molar-refractivity contribution in [1.82, 2.24) is 15.1 Å². The van der Waals surface area contributed by atoms with Crippen LogP contribution in [0.3, 0.4) is 0 Å². The number of furan rings is 1. The van der Waals surface area contributed by atoms with Crippen molar-refractivity contribution in [3.63, 3.8) is 0 Å². The molecule has 0 fully saturated rings. The summed E-state index contributed by atoms with van der Waals surface area (Å²) in [6.45, 7) is -0.0475. The molecular formula is C16H17N3O4S. The van der Waals surface area contributed by atoms with Crippen LogP contribution in [0.5, 0.6) is 5.88 Å². The molecule has 126 valence electrons. The van der Waals surface area contributed by atoms with Gasteiger partial charge in [0.25, 0.3) is 5.91 Å².